The fourth-order valence-corrected chi connectivity index (χ4v) is 9.36. The van der Waals surface area contributed by atoms with Crippen molar-refractivity contribution in [3.63, 3.8) is 0 Å². The predicted octanol–water partition coefficient (Wildman–Crippen LogP) is 22.8. The summed E-state index contributed by atoms with van der Waals surface area (Å²) in [5, 5.41) is 0. The molecule has 0 aliphatic rings. The van der Waals surface area contributed by atoms with E-state index in [0.29, 0.717) is 19.3 Å². The van der Waals surface area contributed by atoms with Crippen LogP contribution in [0.15, 0.2) is 97.2 Å². The molecule has 0 aromatic heterocycles. The van der Waals surface area contributed by atoms with E-state index in [1.807, 2.05) is 0 Å². The van der Waals surface area contributed by atoms with Gasteiger partial charge in [-0.05, 0) is 103 Å². The summed E-state index contributed by atoms with van der Waals surface area (Å²) in [6.07, 6.45) is 88.6. The maximum absolute atomic E-state index is 12.9. The second-order valence-corrected chi connectivity index (χ2v) is 22.0. The van der Waals surface area contributed by atoms with Gasteiger partial charge >= 0.3 is 17.9 Å². The Hall–Kier alpha value is -3.67. The SMILES string of the molecule is CC/C=C\C/C=C\C/C=C\C/C=C\C/C=C\C/C=C\C/C=C\CCCCCCCCCCCCCCCC(=O)OCC(COC(=O)CCCCCCCCCCCCC)OC(=O)CCCCCCC/C=C\CCCCCCC. The molecule has 0 saturated carbocycles. The number of esters is 3. The summed E-state index contributed by atoms with van der Waals surface area (Å²) < 4.78 is 16.9. The molecule has 78 heavy (non-hydrogen) atoms. The lowest BCUT2D eigenvalue weighted by molar-refractivity contribution is -0.167. The Kier molecular flexibility index (Phi) is 62.7. The maximum Gasteiger partial charge on any atom is 0.306 e. The van der Waals surface area contributed by atoms with Crippen LogP contribution in [0.2, 0.25) is 0 Å². The van der Waals surface area contributed by atoms with Gasteiger partial charge in [0.15, 0.2) is 6.10 Å². The van der Waals surface area contributed by atoms with Crippen LogP contribution in [-0.4, -0.2) is 37.2 Å². The quantitative estimate of drug-likeness (QED) is 0.0261. The fourth-order valence-electron chi connectivity index (χ4n) is 9.36. The van der Waals surface area contributed by atoms with E-state index in [4.69, 9.17) is 14.2 Å². The summed E-state index contributed by atoms with van der Waals surface area (Å²) >= 11 is 0. The van der Waals surface area contributed by atoms with Crippen molar-refractivity contribution in [3.8, 4) is 0 Å². The molecule has 0 N–H and O–H groups in total. The Morgan fingerprint density at radius 2 is 0.500 bits per heavy atom. The van der Waals surface area contributed by atoms with Crippen LogP contribution in [0.3, 0.4) is 0 Å². The second-order valence-electron chi connectivity index (χ2n) is 22.0. The number of unbranched alkanes of at least 4 members (excludes halogenated alkanes) is 33. The van der Waals surface area contributed by atoms with Gasteiger partial charge in [0.1, 0.15) is 13.2 Å². The van der Waals surface area contributed by atoms with E-state index in [1.54, 1.807) is 0 Å². The van der Waals surface area contributed by atoms with Crippen LogP contribution in [0.25, 0.3) is 0 Å². The monoisotopic (exact) mass is 1080 g/mol. The first kappa shape index (κ1) is 74.3. The van der Waals surface area contributed by atoms with E-state index < -0.39 is 6.10 Å². The van der Waals surface area contributed by atoms with E-state index in [2.05, 4.69) is 118 Å². The van der Waals surface area contributed by atoms with E-state index in [-0.39, 0.29) is 31.1 Å². The predicted molar refractivity (Wildman–Crippen MR) is 339 cm³/mol. The number of allylic oxidation sites excluding steroid dienone is 16. The molecule has 0 aliphatic carbocycles. The molecule has 0 amide bonds. The van der Waals surface area contributed by atoms with Crippen molar-refractivity contribution in [1.29, 1.82) is 0 Å². The molecule has 0 rings (SSSR count). The van der Waals surface area contributed by atoms with Gasteiger partial charge in [0.25, 0.3) is 0 Å². The molecule has 0 bridgehead atoms. The van der Waals surface area contributed by atoms with Crippen LogP contribution in [0.1, 0.15) is 323 Å². The molecule has 0 spiro atoms. The molecule has 0 aromatic carbocycles. The molecule has 0 aliphatic heterocycles. The molecule has 0 heterocycles. The molecule has 1 unspecified atom stereocenters. The Morgan fingerprint density at radius 1 is 0.269 bits per heavy atom. The summed E-state index contributed by atoms with van der Waals surface area (Å²) in [7, 11) is 0. The number of rotatable bonds is 60. The van der Waals surface area contributed by atoms with Gasteiger partial charge in [-0.25, -0.2) is 0 Å². The smallest absolute Gasteiger partial charge is 0.306 e. The van der Waals surface area contributed by atoms with Crippen LogP contribution >= 0.6 is 0 Å². The minimum Gasteiger partial charge on any atom is -0.462 e. The third kappa shape index (κ3) is 63.2. The van der Waals surface area contributed by atoms with E-state index in [0.717, 1.165) is 116 Å². The number of carbonyl (C=O) groups excluding carboxylic acids is 3. The van der Waals surface area contributed by atoms with E-state index in [9.17, 15) is 14.4 Å². The van der Waals surface area contributed by atoms with Gasteiger partial charge < -0.3 is 14.2 Å². The lowest BCUT2D eigenvalue weighted by Crippen LogP contribution is -2.30. The zero-order chi connectivity index (χ0) is 56.4. The maximum atomic E-state index is 12.9. The first-order chi connectivity index (χ1) is 38.5. The van der Waals surface area contributed by atoms with Gasteiger partial charge in [0.05, 0.1) is 0 Å². The molecule has 0 aromatic rings. The summed E-state index contributed by atoms with van der Waals surface area (Å²) in [5.74, 6) is -0.875. The van der Waals surface area contributed by atoms with Gasteiger partial charge in [0.2, 0.25) is 0 Å². The van der Waals surface area contributed by atoms with Crippen molar-refractivity contribution in [2.75, 3.05) is 13.2 Å². The molecular weight excluding hydrogens is 961 g/mol. The number of hydrogen-bond donors (Lipinski definition) is 0. The fraction of sp³-hybridized carbons (Fsp3) is 0.736. The van der Waals surface area contributed by atoms with E-state index >= 15 is 0 Å². The van der Waals surface area contributed by atoms with Crippen LogP contribution in [0, 0.1) is 0 Å². The first-order valence-electron chi connectivity index (χ1n) is 33.2. The van der Waals surface area contributed by atoms with Gasteiger partial charge in [-0.15, -0.1) is 0 Å². The average Bonchev–Trinajstić information content (AvgIpc) is 3.44. The Bertz CT molecular complexity index is 1530. The molecule has 0 fully saturated rings. The van der Waals surface area contributed by atoms with E-state index in [1.165, 1.54) is 167 Å². The second kappa shape index (κ2) is 65.8. The Balaban J connectivity index is 4.12. The standard InChI is InChI=1S/C72H124O6/c1-4-7-10-13-16-19-22-24-26-27-28-29-30-31-32-33-34-35-36-37-38-39-40-41-42-43-44-45-46-48-50-53-56-59-62-65-71(74)77-68-69(67-76-70(73)64-61-58-55-52-49-21-18-15-12-9-6-3)78-72(75)66-63-60-57-54-51-47-25-23-20-17-14-11-8-5-2/h7,10,16,19,23-26,28-29,31-32,34-35,37-38,69H,4-6,8-9,11-15,17-18,20-22,27,30,33,36,39-68H2,1-3H3/b10-7-,19-16-,25-23-,26-24-,29-28-,32-31-,35-34-,38-37-. The highest BCUT2D eigenvalue weighted by atomic mass is 16.6. The Labute approximate surface area is 483 Å². The lowest BCUT2D eigenvalue weighted by atomic mass is 10.0. The minimum absolute atomic E-state index is 0.0761. The van der Waals surface area contributed by atoms with Crippen molar-refractivity contribution in [2.24, 2.45) is 0 Å². The number of hydrogen-bond acceptors (Lipinski definition) is 6. The van der Waals surface area contributed by atoms with Crippen molar-refractivity contribution in [3.05, 3.63) is 97.2 Å². The van der Waals surface area contributed by atoms with Gasteiger partial charge in [-0.1, -0.05) is 298 Å². The van der Waals surface area contributed by atoms with Crippen molar-refractivity contribution >= 4 is 17.9 Å². The van der Waals surface area contributed by atoms with Gasteiger partial charge in [0, 0.05) is 19.3 Å². The normalized spacial score (nSPS) is 12.7. The molecular formula is C72H124O6. The van der Waals surface area contributed by atoms with Crippen LogP contribution < -0.4 is 0 Å². The zero-order valence-electron chi connectivity index (χ0n) is 51.4. The largest absolute Gasteiger partial charge is 0.462 e. The summed E-state index contributed by atoms with van der Waals surface area (Å²) in [5.41, 5.74) is 0. The molecule has 0 radical (unpaired) electrons. The number of carbonyl (C=O) groups is 3. The third-order valence-electron chi connectivity index (χ3n) is 14.3. The lowest BCUT2D eigenvalue weighted by Gasteiger charge is -2.18. The third-order valence-corrected chi connectivity index (χ3v) is 14.3. The highest BCUT2D eigenvalue weighted by Gasteiger charge is 2.19. The summed E-state index contributed by atoms with van der Waals surface area (Å²) in [4.78, 5) is 38.2. The first-order valence-corrected chi connectivity index (χ1v) is 33.2. The van der Waals surface area contributed by atoms with Crippen molar-refractivity contribution in [2.45, 2.75) is 329 Å². The molecule has 6 heteroatoms. The molecule has 1 atom stereocenters. The van der Waals surface area contributed by atoms with Gasteiger partial charge in [-0.2, -0.15) is 0 Å². The zero-order valence-corrected chi connectivity index (χ0v) is 51.4. The minimum atomic E-state index is -0.779. The Morgan fingerprint density at radius 3 is 0.795 bits per heavy atom. The van der Waals surface area contributed by atoms with Crippen LogP contribution in [-0.2, 0) is 28.6 Å². The van der Waals surface area contributed by atoms with Crippen molar-refractivity contribution < 1.29 is 28.6 Å². The highest BCUT2D eigenvalue weighted by molar-refractivity contribution is 5.71. The molecule has 448 valence electrons. The average molecular weight is 1090 g/mol. The summed E-state index contributed by atoms with van der Waals surface area (Å²) in [6, 6.07) is 0. The molecule has 0 saturated heterocycles. The van der Waals surface area contributed by atoms with Crippen LogP contribution in [0.5, 0.6) is 0 Å². The van der Waals surface area contributed by atoms with Crippen LogP contribution in [0.4, 0.5) is 0 Å². The van der Waals surface area contributed by atoms with Crippen molar-refractivity contribution in [1.82, 2.24) is 0 Å². The number of ether oxygens (including phenoxy) is 3. The molecule has 6 nitrogen and oxygen atoms in total. The topological polar surface area (TPSA) is 78.9 Å². The summed E-state index contributed by atoms with van der Waals surface area (Å²) in [6.45, 7) is 6.53. The van der Waals surface area contributed by atoms with Gasteiger partial charge in [-0.3, -0.25) is 14.4 Å². The highest BCUT2D eigenvalue weighted by Crippen LogP contribution is 2.16.